The van der Waals surface area contributed by atoms with E-state index in [9.17, 15) is 9.18 Å². The van der Waals surface area contributed by atoms with E-state index in [0.29, 0.717) is 17.0 Å². The van der Waals surface area contributed by atoms with Crippen LogP contribution in [0.15, 0.2) is 36.4 Å². The summed E-state index contributed by atoms with van der Waals surface area (Å²) >= 11 is 5.64. The fourth-order valence-electron chi connectivity index (χ4n) is 1.73. The van der Waals surface area contributed by atoms with E-state index in [1.54, 1.807) is 0 Å². The molecular weight excluding hydrogens is 295 g/mol. The van der Waals surface area contributed by atoms with Crippen LogP contribution in [-0.2, 0) is 0 Å². The Hall–Kier alpha value is -2.58. The molecule has 2 aromatic rings. The molecule has 0 aliphatic rings. The van der Waals surface area contributed by atoms with Crippen LogP contribution < -0.4 is 10.1 Å². The summed E-state index contributed by atoms with van der Waals surface area (Å²) in [6, 6.07) is 10.6. The van der Waals surface area contributed by atoms with Crippen LogP contribution in [0.4, 0.5) is 10.1 Å². The minimum Gasteiger partial charge on any atom is -0.495 e. The number of nitriles is 1. The number of methoxy groups -OCH3 is 1. The van der Waals surface area contributed by atoms with Crippen LogP contribution in [-0.4, -0.2) is 13.0 Å². The molecule has 0 saturated heterocycles. The van der Waals surface area contributed by atoms with Crippen LogP contribution in [0.2, 0.25) is 5.02 Å². The first-order chi connectivity index (χ1) is 10.1. The highest BCUT2D eigenvalue weighted by Gasteiger charge is 2.16. The van der Waals surface area contributed by atoms with Gasteiger partial charge in [0.05, 0.1) is 35.0 Å². The van der Waals surface area contributed by atoms with Gasteiger partial charge in [-0.15, -0.1) is 0 Å². The number of hydrogen-bond donors (Lipinski definition) is 1. The molecular formula is C15H10ClFN2O2. The zero-order valence-corrected chi connectivity index (χ0v) is 11.7. The quantitative estimate of drug-likeness (QED) is 0.942. The van der Waals surface area contributed by atoms with E-state index >= 15 is 0 Å². The summed E-state index contributed by atoms with van der Waals surface area (Å²) in [6.45, 7) is 0. The monoisotopic (exact) mass is 304 g/mol. The number of rotatable bonds is 3. The lowest BCUT2D eigenvalue weighted by Crippen LogP contribution is -2.14. The number of anilines is 1. The molecule has 0 aromatic heterocycles. The number of carbonyl (C=O) groups excluding carboxylic acids is 1. The molecule has 4 nitrogen and oxygen atoms in total. The number of benzene rings is 2. The predicted molar refractivity (Wildman–Crippen MR) is 77.1 cm³/mol. The second kappa shape index (κ2) is 6.25. The summed E-state index contributed by atoms with van der Waals surface area (Å²) in [5.41, 5.74) is 0.550. The summed E-state index contributed by atoms with van der Waals surface area (Å²) in [5, 5.41) is 11.2. The Kier molecular flexibility index (Phi) is 4.41. The Bertz CT molecular complexity index is 741. The summed E-state index contributed by atoms with van der Waals surface area (Å²) in [7, 11) is 1.41. The molecule has 1 N–H and O–H groups in total. The van der Waals surface area contributed by atoms with Gasteiger partial charge in [0.1, 0.15) is 5.75 Å². The molecule has 21 heavy (non-hydrogen) atoms. The van der Waals surface area contributed by atoms with E-state index in [2.05, 4.69) is 5.32 Å². The summed E-state index contributed by atoms with van der Waals surface area (Å²) in [5.74, 6) is -1.13. The van der Waals surface area contributed by atoms with Gasteiger partial charge in [-0.25, -0.2) is 4.39 Å². The number of nitrogens with one attached hydrogen (secondary N) is 1. The van der Waals surface area contributed by atoms with Gasteiger partial charge in [-0.2, -0.15) is 5.26 Å². The maximum atomic E-state index is 13.8. The van der Waals surface area contributed by atoms with Crippen LogP contribution in [0.1, 0.15) is 15.9 Å². The fourth-order valence-corrected chi connectivity index (χ4v) is 1.91. The van der Waals surface area contributed by atoms with Crippen LogP contribution in [0.25, 0.3) is 0 Å². The van der Waals surface area contributed by atoms with E-state index in [4.69, 9.17) is 21.6 Å². The predicted octanol–water partition coefficient (Wildman–Crippen LogP) is 3.61. The van der Waals surface area contributed by atoms with E-state index in [0.717, 1.165) is 0 Å². The first-order valence-corrected chi connectivity index (χ1v) is 6.28. The normalized spacial score (nSPS) is 9.81. The Morgan fingerprint density at radius 1 is 1.38 bits per heavy atom. The summed E-state index contributed by atoms with van der Waals surface area (Å²) in [4.78, 5) is 12.1. The number of nitrogens with zero attached hydrogens (tertiary/aromatic N) is 1. The molecule has 2 aromatic carbocycles. The highest BCUT2D eigenvalue weighted by molar-refractivity contribution is 6.31. The van der Waals surface area contributed by atoms with Gasteiger partial charge < -0.3 is 10.1 Å². The minimum atomic E-state index is -0.788. The highest BCUT2D eigenvalue weighted by atomic mass is 35.5. The largest absolute Gasteiger partial charge is 0.495 e. The minimum absolute atomic E-state index is 0.130. The van der Waals surface area contributed by atoms with Crippen molar-refractivity contribution in [2.75, 3.05) is 12.4 Å². The van der Waals surface area contributed by atoms with Gasteiger partial charge >= 0.3 is 0 Å². The Labute approximate surface area is 125 Å². The Morgan fingerprint density at radius 2 is 2.14 bits per heavy atom. The lowest BCUT2D eigenvalue weighted by Gasteiger charge is -2.11. The maximum Gasteiger partial charge on any atom is 0.258 e. The van der Waals surface area contributed by atoms with Crippen molar-refractivity contribution in [2.24, 2.45) is 0 Å². The first kappa shape index (κ1) is 14.8. The van der Waals surface area contributed by atoms with E-state index in [1.165, 1.54) is 43.5 Å². The number of carbonyl (C=O) groups is 1. The van der Waals surface area contributed by atoms with E-state index < -0.39 is 11.7 Å². The zero-order valence-electron chi connectivity index (χ0n) is 11.0. The van der Waals surface area contributed by atoms with Crippen molar-refractivity contribution < 1.29 is 13.9 Å². The lowest BCUT2D eigenvalue weighted by atomic mass is 10.1. The van der Waals surface area contributed by atoms with Crippen molar-refractivity contribution in [1.82, 2.24) is 0 Å². The van der Waals surface area contributed by atoms with Crippen molar-refractivity contribution >= 4 is 23.2 Å². The van der Waals surface area contributed by atoms with Gasteiger partial charge in [0.2, 0.25) is 0 Å². The molecule has 0 heterocycles. The third-order valence-corrected chi connectivity index (χ3v) is 3.07. The summed E-state index contributed by atoms with van der Waals surface area (Å²) < 4.78 is 18.9. The van der Waals surface area contributed by atoms with Gasteiger partial charge in [0.15, 0.2) is 5.82 Å². The molecule has 0 radical (unpaired) electrons. The lowest BCUT2D eigenvalue weighted by molar-refractivity contribution is 0.102. The molecule has 0 fully saturated rings. The topological polar surface area (TPSA) is 62.1 Å². The molecule has 0 saturated carbocycles. The maximum absolute atomic E-state index is 13.8. The van der Waals surface area contributed by atoms with Gasteiger partial charge in [0, 0.05) is 6.07 Å². The molecule has 0 atom stereocenters. The standard InChI is InChI=1S/C15H10ClFN2O2/c1-21-13-7-9(8-18)5-6-12(13)19-15(20)10-3-2-4-11(16)14(10)17/h2-7H,1H3,(H,19,20). The van der Waals surface area contributed by atoms with Crippen molar-refractivity contribution in [2.45, 2.75) is 0 Å². The van der Waals surface area contributed by atoms with Gasteiger partial charge in [0.25, 0.3) is 5.91 Å². The average Bonchev–Trinajstić information content (AvgIpc) is 2.50. The highest BCUT2D eigenvalue weighted by Crippen LogP contribution is 2.26. The molecule has 0 unspecified atom stereocenters. The van der Waals surface area contributed by atoms with Gasteiger partial charge in [-0.3, -0.25) is 4.79 Å². The average molecular weight is 305 g/mol. The molecule has 106 valence electrons. The van der Waals surface area contributed by atoms with Crippen LogP contribution in [0.3, 0.4) is 0 Å². The molecule has 6 heteroatoms. The second-order valence-electron chi connectivity index (χ2n) is 4.08. The number of ether oxygens (including phenoxy) is 1. The van der Waals surface area contributed by atoms with Crippen LogP contribution in [0.5, 0.6) is 5.75 Å². The molecule has 0 aliphatic heterocycles. The van der Waals surface area contributed by atoms with Crippen LogP contribution in [0, 0.1) is 17.1 Å². The van der Waals surface area contributed by atoms with Crippen LogP contribution >= 0.6 is 11.6 Å². The smallest absolute Gasteiger partial charge is 0.258 e. The Morgan fingerprint density at radius 3 is 2.81 bits per heavy atom. The molecule has 1 amide bonds. The van der Waals surface area contributed by atoms with Crippen molar-refractivity contribution in [3.63, 3.8) is 0 Å². The molecule has 2 rings (SSSR count). The van der Waals surface area contributed by atoms with Crippen molar-refractivity contribution in [3.05, 3.63) is 58.4 Å². The fraction of sp³-hybridized carbons (Fsp3) is 0.0667. The van der Waals surface area contributed by atoms with E-state index in [-0.39, 0.29) is 10.6 Å². The summed E-state index contributed by atoms with van der Waals surface area (Å²) in [6.07, 6.45) is 0. The third-order valence-electron chi connectivity index (χ3n) is 2.78. The van der Waals surface area contributed by atoms with Gasteiger partial charge in [-0.05, 0) is 24.3 Å². The van der Waals surface area contributed by atoms with Crippen molar-refractivity contribution in [1.29, 1.82) is 5.26 Å². The molecule has 0 spiro atoms. The number of hydrogen-bond acceptors (Lipinski definition) is 3. The second-order valence-corrected chi connectivity index (χ2v) is 4.49. The Balaban J connectivity index is 2.32. The zero-order chi connectivity index (χ0) is 15.4. The van der Waals surface area contributed by atoms with Gasteiger partial charge in [-0.1, -0.05) is 17.7 Å². The first-order valence-electron chi connectivity index (χ1n) is 5.90. The molecule has 0 aliphatic carbocycles. The van der Waals surface area contributed by atoms with Crippen molar-refractivity contribution in [3.8, 4) is 11.8 Å². The van der Waals surface area contributed by atoms with E-state index in [1.807, 2.05) is 6.07 Å². The SMILES string of the molecule is COc1cc(C#N)ccc1NC(=O)c1cccc(Cl)c1F. The number of amides is 1. The number of halogens is 2. The third kappa shape index (κ3) is 3.12. The molecule has 0 bridgehead atoms.